The number of aromatic hydroxyl groups is 1. The third-order valence-corrected chi connectivity index (χ3v) is 5.01. The quantitative estimate of drug-likeness (QED) is 0.731. The minimum atomic E-state index is 0.214. The summed E-state index contributed by atoms with van der Waals surface area (Å²) in [5.41, 5.74) is 5.06. The van der Waals surface area contributed by atoms with Crippen molar-refractivity contribution < 1.29 is 9.84 Å². The number of hydrogen-bond acceptors (Lipinski definition) is 2. The van der Waals surface area contributed by atoms with Crippen LogP contribution >= 0.6 is 0 Å². The molecule has 3 aromatic carbocycles. The van der Waals surface area contributed by atoms with Gasteiger partial charge in [-0.3, -0.25) is 0 Å². The maximum absolute atomic E-state index is 10.3. The van der Waals surface area contributed by atoms with Crippen molar-refractivity contribution in [3.05, 3.63) is 95.1 Å². The summed E-state index contributed by atoms with van der Waals surface area (Å²) in [7, 11) is 1.60. The Morgan fingerprint density at radius 2 is 1.29 bits per heavy atom. The molecule has 4 rings (SSSR count). The van der Waals surface area contributed by atoms with Crippen LogP contribution in [0.25, 0.3) is 0 Å². The topological polar surface area (TPSA) is 29.5 Å². The van der Waals surface area contributed by atoms with Gasteiger partial charge < -0.3 is 9.84 Å². The molecule has 0 unspecified atom stereocenters. The largest absolute Gasteiger partial charge is 0.504 e. The Balaban J connectivity index is 1.86. The molecule has 0 saturated heterocycles. The normalized spacial score (nSPS) is 19.0. The molecule has 0 radical (unpaired) electrons. The molecule has 2 nitrogen and oxygen atoms in total. The minimum absolute atomic E-state index is 0.214. The molecule has 1 aliphatic rings. The van der Waals surface area contributed by atoms with Gasteiger partial charge in [-0.25, -0.2) is 0 Å². The lowest BCUT2D eigenvalue weighted by atomic mass is 9.91. The van der Waals surface area contributed by atoms with E-state index in [0.29, 0.717) is 17.6 Å². The van der Waals surface area contributed by atoms with Crippen molar-refractivity contribution in [1.82, 2.24) is 0 Å². The predicted octanol–water partition coefficient (Wildman–Crippen LogP) is 5.07. The van der Waals surface area contributed by atoms with Gasteiger partial charge in [0.25, 0.3) is 0 Å². The van der Waals surface area contributed by atoms with E-state index in [2.05, 4.69) is 48.5 Å². The Bertz CT molecular complexity index is 841. The van der Waals surface area contributed by atoms with E-state index >= 15 is 0 Å². The Kier molecular flexibility index (Phi) is 3.73. The fourth-order valence-electron chi connectivity index (χ4n) is 3.86. The van der Waals surface area contributed by atoms with Crippen LogP contribution in [0.2, 0.25) is 0 Å². The highest BCUT2D eigenvalue weighted by atomic mass is 16.5. The second-order valence-electron chi connectivity index (χ2n) is 6.32. The minimum Gasteiger partial charge on any atom is -0.504 e. The van der Waals surface area contributed by atoms with Crippen LogP contribution in [0.3, 0.4) is 0 Å². The van der Waals surface area contributed by atoms with Crippen LogP contribution in [0, 0.1) is 0 Å². The molecule has 1 N–H and O–H groups in total. The van der Waals surface area contributed by atoms with Crippen molar-refractivity contribution in [2.24, 2.45) is 0 Å². The van der Waals surface area contributed by atoms with Crippen LogP contribution in [-0.4, -0.2) is 12.2 Å². The second kappa shape index (κ2) is 6.04. The monoisotopic (exact) mass is 316 g/mol. The number of rotatable bonds is 3. The molecule has 0 aromatic heterocycles. The Hall–Kier alpha value is -2.74. The van der Waals surface area contributed by atoms with Crippen molar-refractivity contribution in [2.45, 2.75) is 18.3 Å². The third-order valence-electron chi connectivity index (χ3n) is 5.01. The zero-order valence-electron chi connectivity index (χ0n) is 13.6. The molecule has 0 amide bonds. The predicted molar refractivity (Wildman–Crippen MR) is 95.8 cm³/mol. The van der Waals surface area contributed by atoms with Crippen molar-refractivity contribution in [2.75, 3.05) is 7.11 Å². The SMILES string of the molecule is COc1cc2c(cc1O)[C@@H](c1ccccc1)C[C@H]2c1ccccc1. The van der Waals surface area contributed by atoms with E-state index in [-0.39, 0.29) is 5.75 Å². The van der Waals surface area contributed by atoms with E-state index in [1.165, 1.54) is 22.3 Å². The summed E-state index contributed by atoms with van der Waals surface area (Å²) >= 11 is 0. The van der Waals surface area contributed by atoms with Gasteiger partial charge in [-0.1, -0.05) is 60.7 Å². The summed E-state index contributed by atoms with van der Waals surface area (Å²) < 4.78 is 5.35. The first-order valence-corrected chi connectivity index (χ1v) is 8.28. The van der Waals surface area contributed by atoms with Gasteiger partial charge >= 0.3 is 0 Å². The number of fused-ring (bicyclic) bond motifs is 1. The molecule has 0 spiro atoms. The summed E-state index contributed by atoms with van der Waals surface area (Å²) in [6.07, 6.45) is 1.01. The van der Waals surface area contributed by atoms with Gasteiger partial charge in [0, 0.05) is 11.8 Å². The van der Waals surface area contributed by atoms with E-state index in [1.807, 2.05) is 24.3 Å². The molecule has 0 bridgehead atoms. The molecular formula is C22H20O2. The van der Waals surface area contributed by atoms with Crippen molar-refractivity contribution in [3.8, 4) is 11.5 Å². The Morgan fingerprint density at radius 3 is 1.79 bits per heavy atom. The zero-order valence-corrected chi connectivity index (χ0v) is 13.6. The van der Waals surface area contributed by atoms with E-state index in [0.717, 1.165) is 6.42 Å². The highest BCUT2D eigenvalue weighted by Gasteiger charge is 2.34. The number of hydrogen-bond donors (Lipinski definition) is 1. The molecule has 2 atom stereocenters. The fourth-order valence-corrected chi connectivity index (χ4v) is 3.86. The number of ether oxygens (including phenoxy) is 1. The van der Waals surface area contributed by atoms with Crippen LogP contribution in [0.4, 0.5) is 0 Å². The smallest absolute Gasteiger partial charge is 0.160 e. The van der Waals surface area contributed by atoms with Gasteiger partial charge in [0.15, 0.2) is 11.5 Å². The van der Waals surface area contributed by atoms with Gasteiger partial charge in [-0.2, -0.15) is 0 Å². The van der Waals surface area contributed by atoms with Crippen LogP contribution < -0.4 is 4.74 Å². The van der Waals surface area contributed by atoms with Crippen LogP contribution in [-0.2, 0) is 0 Å². The van der Waals surface area contributed by atoms with E-state index in [9.17, 15) is 5.11 Å². The lowest BCUT2D eigenvalue weighted by molar-refractivity contribution is 0.372. The first-order valence-electron chi connectivity index (χ1n) is 8.28. The molecule has 120 valence electrons. The first-order chi connectivity index (χ1) is 11.8. The molecule has 0 saturated carbocycles. The second-order valence-corrected chi connectivity index (χ2v) is 6.32. The van der Waals surface area contributed by atoms with Gasteiger partial charge in [0.2, 0.25) is 0 Å². The third kappa shape index (κ3) is 2.44. The molecule has 24 heavy (non-hydrogen) atoms. The molecule has 0 aliphatic heterocycles. The summed E-state index contributed by atoms with van der Waals surface area (Å²) in [5, 5.41) is 10.3. The van der Waals surface area contributed by atoms with E-state index < -0.39 is 0 Å². The van der Waals surface area contributed by atoms with Gasteiger partial charge in [-0.05, 0) is 40.8 Å². The molecule has 3 aromatic rings. The van der Waals surface area contributed by atoms with Crippen LogP contribution in [0.1, 0.15) is 40.5 Å². The zero-order chi connectivity index (χ0) is 16.5. The van der Waals surface area contributed by atoms with Crippen LogP contribution in [0.5, 0.6) is 11.5 Å². The van der Waals surface area contributed by atoms with Crippen LogP contribution in [0.15, 0.2) is 72.8 Å². The van der Waals surface area contributed by atoms with Gasteiger partial charge in [0.1, 0.15) is 0 Å². The van der Waals surface area contributed by atoms with Crippen molar-refractivity contribution in [1.29, 1.82) is 0 Å². The number of phenolic OH excluding ortho intramolecular Hbond substituents is 1. The summed E-state index contributed by atoms with van der Waals surface area (Å²) in [6.45, 7) is 0. The highest BCUT2D eigenvalue weighted by Crippen LogP contribution is 2.50. The number of phenols is 1. The summed E-state index contributed by atoms with van der Waals surface area (Å²) in [4.78, 5) is 0. The molecule has 2 heteroatoms. The maximum atomic E-state index is 10.3. The van der Waals surface area contributed by atoms with E-state index in [4.69, 9.17) is 4.74 Å². The van der Waals surface area contributed by atoms with Crippen molar-refractivity contribution >= 4 is 0 Å². The molecule has 0 fully saturated rings. The highest BCUT2D eigenvalue weighted by molar-refractivity contribution is 5.56. The summed E-state index contributed by atoms with van der Waals surface area (Å²) in [6, 6.07) is 25.0. The lowest BCUT2D eigenvalue weighted by Crippen LogP contribution is -1.97. The molecule has 0 heterocycles. The lowest BCUT2D eigenvalue weighted by Gasteiger charge is -2.13. The average Bonchev–Trinajstić information content (AvgIpc) is 3.00. The molecular weight excluding hydrogens is 296 g/mol. The van der Waals surface area contributed by atoms with Gasteiger partial charge in [-0.15, -0.1) is 0 Å². The number of benzene rings is 3. The van der Waals surface area contributed by atoms with E-state index in [1.54, 1.807) is 7.11 Å². The maximum Gasteiger partial charge on any atom is 0.160 e. The fraction of sp³-hybridized carbons (Fsp3) is 0.182. The Labute approximate surface area is 142 Å². The van der Waals surface area contributed by atoms with Crippen molar-refractivity contribution in [3.63, 3.8) is 0 Å². The van der Waals surface area contributed by atoms with Gasteiger partial charge in [0.05, 0.1) is 7.11 Å². The average molecular weight is 316 g/mol. The standard InChI is InChI=1S/C22H20O2/c1-24-22-14-20-18(16-10-6-3-7-11-16)12-17(19(20)13-21(22)23)15-8-4-2-5-9-15/h2-11,13-14,17-18,23H,12H2,1H3/t17-,18+/m1/s1. The summed E-state index contributed by atoms with van der Waals surface area (Å²) in [5.74, 6) is 1.37. The first kappa shape index (κ1) is 14.8. The molecule has 1 aliphatic carbocycles. The number of methoxy groups -OCH3 is 1. The Morgan fingerprint density at radius 1 is 0.792 bits per heavy atom.